The van der Waals surface area contributed by atoms with Crippen molar-refractivity contribution in [2.24, 2.45) is 0 Å². The SMILES string of the molecule is N#Cc1c(Br)c(C(F)(F)F)n(C(=O)c2ccccc2)c1-c1ccc(F)c(F)c1. The van der Waals surface area contributed by atoms with Crippen LogP contribution in [-0.2, 0) is 6.18 Å². The molecule has 1 aromatic heterocycles. The predicted octanol–water partition coefficient (Wildman–Crippen LogP) is 5.77. The molecule has 0 unspecified atom stereocenters. The van der Waals surface area contributed by atoms with Crippen molar-refractivity contribution in [3.8, 4) is 17.3 Å². The van der Waals surface area contributed by atoms with Crippen LogP contribution in [0.25, 0.3) is 11.3 Å². The Hall–Kier alpha value is -2.99. The molecule has 3 aromatic rings. The Kier molecular flexibility index (Phi) is 5.08. The lowest BCUT2D eigenvalue weighted by Crippen LogP contribution is -2.22. The van der Waals surface area contributed by atoms with Crippen molar-refractivity contribution in [2.45, 2.75) is 6.18 Å². The van der Waals surface area contributed by atoms with E-state index >= 15 is 0 Å². The van der Waals surface area contributed by atoms with Gasteiger partial charge in [-0.3, -0.25) is 9.36 Å². The van der Waals surface area contributed by atoms with E-state index in [1.165, 1.54) is 24.3 Å². The van der Waals surface area contributed by atoms with Gasteiger partial charge in [-0.05, 0) is 46.3 Å². The van der Waals surface area contributed by atoms with E-state index in [2.05, 4.69) is 15.9 Å². The average Bonchev–Trinajstić information content (AvgIpc) is 2.96. The van der Waals surface area contributed by atoms with Gasteiger partial charge in [0.05, 0.1) is 15.7 Å². The molecule has 0 bridgehead atoms. The number of hydrogen-bond acceptors (Lipinski definition) is 2. The first-order valence-electron chi connectivity index (χ1n) is 7.63. The molecule has 142 valence electrons. The summed E-state index contributed by atoms with van der Waals surface area (Å²) < 4.78 is 67.8. The third-order valence-electron chi connectivity index (χ3n) is 3.91. The molecule has 3 nitrogen and oxygen atoms in total. The number of rotatable bonds is 2. The highest BCUT2D eigenvalue weighted by Crippen LogP contribution is 2.43. The third-order valence-corrected chi connectivity index (χ3v) is 4.68. The van der Waals surface area contributed by atoms with E-state index in [1.807, 2.05) is 0 Å². The molecule has 0 saturated carbocycles. The van der Waals surface area contributed by atoms with Crippen LogP contribution in [0.5, 0.6) is 0 Å². The van der Waals surface area contributed by atoms with Gasteiger partial charge >= 0.3 is 6.18 Å². The predicted molar refractivity (Wildman–Crippen MR) is 93.4 cm³/mol. The normalized spacial score (nSPS) is 11.3. The Balaban J connectivity index is 2.42. The molecular formula is C19H8BrF5N2O. The molecule has 0 spiro atoms. The molecule has 28 heavy (non-hydrogen) atoms. The Morgan fingerprint density at radius 2 is 1.68 bits per heavy atom. The van der Waals surface area contributed by atoms with Gasteiger partial charge in [-0.15, -0.1) is 0 Å². The Labute approximate surface area is 163 Å². The molecule has 0 aliphatic carbocycles. The number of carbonyl (C=O) groups excluding carboxylic acids is 1. The standard InChI is InChI=1S/C19H8BrF5N2O/c20-15-12(9-26)16(11-6-7-13(21)14(22)8-11)27(17(15)19(23,24)25)18(28)10-4-2-1-3-5-10/h1-8H. The van der Waals surface area contributed by atoms with Gasteiger partial charge in [-0.1, -0.05) is 18.2 Å². The average molecular weight is 455 g/mol. The first-order chi connectivity index (χ1) is 13.2. The fourth-order valence-electron chi connectivity index (χ4n) is 2.73. The van der Waals surface area contributed by atoms with E-state index in [0.717, 1.165) is 6.07 Å². The number of hydrogen-bond donors (Lipinski definition) is 0. The van der Waals surface area contributed by atoms with E-state index in [0.29, 0.717) is 16.7 Å². The van der Waals surface area contributed by atoms with Crippen molar-refractivity contribution in [1.29, 1.82) is 5.26 Å². The number of alkyl halides is 3. The van der Waals surface area contributed by atoms with Crippen molar-refractivity contribution < 1.29 is 26.7 Å². The van der Waals surface area contributed by atoms with E-state index in [-0.39, 0.29) is 11.1 Å². The van der Waals surface area contributed by atoms with Crippen molar-refractivity contribution in [1.82, 2.24) is 4.57 Å². The van der Waals surface area contributed by atoms with Gasteiger partial charge < -0.3 is 0 Å². The minimum absolute atomic E-state index is 0.0798. The third kappa shape index (κ3) is 3.31. The first-order valence-corrected chi connectivity index (χ1v) is 8.42. The van der Waals surface area contributed by atoms with Crippen LogP contribution in [-0.4, -0.2) is 10.5 Å². The van der Waals surface area contributed by atoms with Crippen LogP contribution in [0.15, 0.2) is 53.0 Å². The van der Waals surface area contributed by atoms with Crippen LogP contribution in [0.2, 0.25) is 0 Å². The summed E-state index contributed by atoms with van der Waals surface area (Å²) in [5.74, 6) is -3.62. The molecule has 2 aromatic carbocycles. The van der Waals surface area contributed by atoms with Crippen molar-refractivity contribution in [3.05, 3.63) is 81.5 Å². The molecule has 0 aliphatic rings. The maximum absolute atomic E-state index is 13.7. The molecule has 0 atom stereocenters. The summed E-state index contributed by atoms with van der Waals surface area (Å²) in [7, 11) is 0. The molecule has 0 saturated heterocycles. The second-order valence-corrected chi connectivity index (χ2v) is 6.42. The number of halogens is 6. The Bertz CT molecular complexity index is 1110. The van der Waals surface area contributed by atoms with Crippen LogP contribution < -0.4 is 0 Å². The Morgan fingerprint density at radius 1 is 1.04 bits per heavy atom. The highest BCUT2D eigenvalue weighted by molar-refractivity contribution is 9.10. The first kappa shape index (κ1) is 19.8. The van der Waals surface area contributed by atoms with Gasteiger partial charge in [0.2, 0.25) is 0 Å². The minimum atomic E-state index is -5.01. The lowest BCUT2D eigenvalue weighted by Gasteiger charge is -2.15. The molecule has 0 amide bonds. The smallest absolute Gasteiger partial charge is 0.269 e. The number of benzene rings is 2. The summed E-state index contributed by atoms with van der Waals surface area (Å²) >= 11 is 2.74. The molecule has 0 aliphatic heterocycles. The zero-order valence-corrected chi connectivity index (χ0v) is 15.3. The fraction of sp³-hybridized carbons (Fsp3) is 0.0526. The number of aromatic nitrogens is 1. The molecule has 9 heteroatoms. The zero-order chi connectivity index (χ0) is 20.6. The second-order valence-electron chi connectivity index (χ2n) is 5.63. The molecule has 0 radical (unpaired) electrons. The fourth-order valence-corrected chi connectivity index (χ4v) is 3.41. The van der Waals surface area contributed by atoms with E-state index in [9.17, 15) is 32.0 Å². The summed E-state index contributed by atoms with van der Waals surface area (Å²) in [4.78, 5) is 12.9. The highest BCUT2D eigenvalue weighted by Gasteiger charge is 2.42. The number of carbonyl (C=O) groups is 1. The highest BCUT2D eigenvalue weighted by atomic mass is 79.9. The maximum Gasteiger partial charge on any atom is 0.433 e. The zero-order valence-electron chi connectivity index (χ0n) is 13.7. The summed E-state index contributed by atoms with van der Waals surface area (Å²) in [5, 5.41) is 9.40. The van der Waals surface area contributed by atoms with Crippen LogP contribution in [0.4, 0.5) is 22.0 Å². The van der Waals surface area contributed by atoms with Gasteiger partial charge in [-0.2, -0.15) is 18.4 Å². The lowest BCUT2D eigenvalue weighted by atomic mass is 10.1. The summed E-state index contributed by atoms with van der Waals surface area (Å²) in [6.07, 6.45) is -5.01. The van der Waals surface area contributed by atoms with E-state index in [1.54, 1.807) is 12.1 Å². The van der Waals surface area contributed by atoms with E-state index in [4.69, 9.17) is 0 Å². The quantitative estimate of drug-likeness (QED) is 0.461. The van der Waals surface area contributed by atoms with Crippen LogP contribution >= 0.6 is 15.9 Å². The lowest BCUT2D eigenvalue weighted by molar-refractivity contribution is -0.143. The van der Waals surface area contributed by atoms with Crippen LogP contribution in [0.3, 0.4) is 0 Å². The molecule has 3 rings (SSSR count). The monoisotopic (exact) mass is 454 g/mol. The molecule has 0 N–H and O–H groups in total. The van der Waals surface area contributed by atoms with Gasteiger partial charge in [0.1, 0.15) is 11.8 Å². The maximum atomic E-state index is 13.7. The van der Waals surface area contributed by atoms with Gasteiger partial charge in [0.25, 0.3) is 5.91 Å². The summed E-state index contributed by atoms with van der Waals surface area (Å²) in [5.41, 5.74) is -2.77. The van der Waals surface area contributed by atoms with Crippen molar-refractivity contribution in [2.75, 3.05) is 0 Å². The minimum Gasteiger partial charge on any atom is -0.269 e. The second kappa shape index (κ2) is 7.20. The van der Waals surface area contributed by atoms with E-state index < -0.39 is 45.1 Å². The largest absolute Gasteiger partial charge is 0.433 e. The molecule has 0 fully saturated rings. The number of nitrogens with zero attached hydrogens (tertiary/aromatic N) is 2. The van der Waals surface area contributed by atoms with Crippen molar-refractivity contribution >= 4 is 21.8 Å². The van der Waals surface area contributed by atoms with Gasteiger partial charge in [0, 0.05) is 11.1 Å². The van der Waals surface area contributed by atoms with Gasteiger partial charge in [0.15, 0.2) is 11.6 Å². The van der Waals surface area contributed by atoms with Crippen LogP contribution in [0.1, 0.15) is 21.6 Å². The summed E-state index contributed by atoms with van der Waals surface area (Å²) in [6, 6.07) is 11.0. The van der Waals surface area contributed by atoms with Gasteiger partial charge in [-0.25, -0.2) is 8.78 Å². The number of nitriles is 1. The topological polar surface area (TPSA) is 45.8 Å². The molecule has 1 heterocycles. The van der Waals surface area contributed by atoms with Crippen LogP contribution in [0, 0.1) is 23.0 Å². The summed E-state index contributed by atoms with van der Waals surface area (Å²) in [6.45, 7) is 0. The molecular weight excluding hydrogens is 447 g/mol. The Morgan fingerprint density at radius 3 is 2.21 bits per heavy atom. The van der Waals surface area contributed by atoms with Crippen molar-refractivity contribution in [3.63, 3.8) is 0 Å².